The SMILES string of the molecule is CS(=O)(=O)c1ccc(-c2cn(C3CCCCC3)nc2NC(=O)CCCO)cc1. The van der Waals surface area contributed by atoms with Gasteiger partial charge in [0.25, 0.3) is 0 Å². The second-order valence-electron chi connectivity index (χ2n) is 7.34. The normalized spacial score (nSPS) is 15.5. The summed E-state index contributed by atoms with van der Waals surface area (Å²) in [5.74, 6) is 0.276. The maximum atomic E-state index is 12.2. The Morgan fingerprint density at radius 2 is 1.89 bits per heavy atom. The molecule has 0 saturated heterocycles. The first-order valence-electron chi connectivity index (χ1n) is 9.69. The van der Waals surface area contributed by atoms with Crippen LogP contribution in [0.4, 0.5) is 5.82 Å². The van der Waals surface area contributed by atoms with Crippen LogP contribution in [0.15, 0.2) is 35.4 Å². The number of aliphatic hydroxyl groups is 1. The minimum absolute atomic E-state index is 0.0380. The lowest BCUT2D eigenvalue weighted by Gasteiger charge is -2.21. The van der Waals surface area contributed by atoms with E-state index in [0.29, 0.717) is 18.3 Å². The lowest BCUT2D eigenvalue weighted by atomic mass is 9.96. The molecule has 1 fully saturated rings. The van der Waals surface area contributed by atoms with Crippen LogP contribution in [0.25, 0.3) is 11.1 Å². The van der Waals surface area contributed by atoms with Crippen molar-refractivity contribution in [3.8, 4) is 11.1 Å². The fraction of sp³-hybridized carbons (Fsp3) is 0.500. The Morgan fingerprint density at radius 1 is 1.21 bits per heavy atom. The Kier molecular flexibility index (Phi) is 6.51. The molecule has 0 bridgehead atoms. The van der Waals surface area contributed by atoms with Crippen LogP contribution >= 0.6 is 0 Å². The molecule has 0 radical (unpaired) electrons. The van der Waals surface area contributed by atoms with Crippen LogP contribution in [0.3, 0.4) is 0 Å². The number of amides is 1. The van der Waals surface area contributed by atoms with E-state index in [2.05, 4.69) is 10.4 Å². The highest BCUT2D eigenvalue weighted by molar-refractivity contribution is 7.90. The minimum Gasteiger partial charge on any atom is -0.396 e. The molecular formula is C20H27N3O4S. The van der Waals surface area contributed by atoms with Gasteiger partial charge in [-0.05, 0) is 37.0 Å². The molecule has 1 aromatic heterocycles. The largest absolute Gasteiger partial charge is 0.396 e. The van der Waals surface area contributed by atoms with Crippen LogP contribution in [0.2, 0.25) is 0 Å². The average Bonchev–Trinajstić information content (AvgIpc) is 3.10. The van der Waals surface area contributed by atoms with Gasteiger partial charge >= 0.3 is 0 Å². The number of benzene rings is 1. The summed E-state index contributed by atoms with van der Waals surface area (Å²) in [4.78, 5) is 12.4. The van der Waals surface area contributed by atoms with Crippen LogP contribution < -0.4 is 5.32 Å². The summed E-state index contributed by atoms with van der Waals surface area (Å²) in [6.07, 6.45) is 9.43. The zero-order valence-electron chi connectivity index (χ0n) is 16.1. The van der Waals surface area contributed by atoms with Crippen molar-refractivity contribution in [2.24, 2.45) is 0 Å². The van der Waals surface area contributed by atoms with Gasteiger partial charge in [-0.2, -0.15) is 5.10 Å². The first-order valence-corrected chi connectivity index (χ1v) is 11.6. The molecule has 28 heavy (non-hydrogen) atoms. The molecule has 2 aromatic rings. The third-order valence-corrected chi connectivity index (χ3v) is 6.22. The van der Waals surface area contributed by atoms with Gasteiger partial charge in [0.15, 0.2) is 15.7 Å². The van der Waals surface area contributed by atoms with Gasteiger partial charge in [0, 0.05) is 31.0 Å². The number of sulfone groups is 1. The number of nitrogens with one attached hydrogen (secondary N) is 1. The van der Waals surface area contributed by atoms with E-state index in [9.17, 15) is 13.2 Å². The summed E-state index contributed by atoms with van der Waals surface area (Å²) < 4.78 is 25.4. The maximum absolute atomic E-state index is 12.2. The van der Waals surface area contributed by atoms with Crippen molar-refractivity contribution < 1.29 is 18.3 Å². The third kappa shape index (κ3) is 4.99. The summed E-state index contributed by atoms with van der Waals surface area (Å²) in [5.41, 5.74) is 1.56. The number of carbonyl (C=O) groups excluding carboxylic acids is 1. The highest BCUT2D eigenvalue weighted by Crippen LogP contribution is 2.33. The van der Waals surface area contributed by atoms with Crippen LogP contribution in [-0.2, 0) is 14.6 Å². The monoisotopic (exact) mass is 405 g/mol. The zero-order valence-corrected chi connectivity index (χ0v) is 16.9. The van der Waals surface area contributed by atoms with Crippen molar-refractivity contribution in [2.75, 3.05) is 18.2 Å². The van der Waals surface area contributed by atoms with E-state index in [4.69, 9.17) is 5.11 Å². The summed E-state index contributed by atoms with van der Waals surface area (Å²) in [6.45, 7) is -0.0380. The van der Waals surface area contributed by atoms with E-state index >= 15 is 0 Å². The van der Waals surface area contributed by atoms with E-state index in [1.165, 1.54) is 25.5 Å². The van der Waals surface area contributed by atoms with Crippen LogP contribution in [0.1, 0.15) is 51.0 Å². The molecule has 1 aromatic carbocycles. The van der Waals surface area contributed by atoms with E-state index in [0.717, 1.165) is 24.0 Å². The molecule has 0 unspecified atom stereocenters. The maximum Gasteiger partial charge on any atom is 0.225 e. The third-order valence-electron chi connectivity index (χ3n) is 5.09. The minimum atomic E-state index is -3.27. The zero-order chi connectivity index (χ0) is 20.1. The molecule has 8 heteroatoms. The number of aromatic nitrogens is 2. The molecule has 7 nitrogen and oxygen atoms in total. The molecule has 2 N–H and O–H groups in total. The van der Waals surface area contributed by atoms with Crippen LogP contribution in [0.5, 0.6) is 0 Å². The van der Waals surface area contributed by atoms with Gasteiger partial charge < -0.3 is 10.4 Å². The van der Waals surface area contributed by atoms with Gasteiger partial charge in [-0.15, -0.1) is 0 Å². The Hall–Kier alpha value is -2.19. The number of hydrogen-bond donors (Lipinski definition) is 2. The predicted molar refractivity (Wildman–Crippen MR) is 108 cm³/mol. The van der Waals surface area contributed by atoms with Gasteiger partial charge in [-0.1, -0.05) is 31.4 Å². The molecule has 1 aliphatic rings. The number of rotatable bonds is 7. The standard InChI is InChI=1S/C20H27N3O4S/c1-28(26,27)17-11-9-15(10-12-17)18-14-23(16-6-3-2-4-7-16)22-20(18)21-19(25)8-5-13-24/h9-12,14,16,24H,2-8,13H2,1H3,(H,21,22,25). The second kappa shape index (κ2) is 8.87. The Balaban J connectivity index is 1.92. The van der Waals surface area contributed by atoms with Gasteiger partial charge in [0.1, 0.15) is 0 Å². The molecule has 0 spiro atoms. The number of anilines is 1. The number of aliphatic hydroxyl groups excluding tert-OH is 1. The molecule has 1 saturated carbocycles. The topological polar surface area (TPSA) is 101 Å². The fourth-order valence-electron chi connectivity index (χ4n) is 3.54. The lowest BCUT2D eigenvalue weighted by Crippen LogP contribution is -2.15. The number of carbonyl (C=O) groups is 1. The van der Waals surface area contributed by atoms with E-state index in [-0.39, 0.29) is 23.8 Å². The van der Waals surface area contributed by atoms with Crippen molar-refractivity contribution in [3.05, 3.63) is 30.5 Å². The van der Waals surface area contributed by atoms with Gasteiger partial charge in [-0.25, -0.2) is 8.42 Å². The molecular weight excluding hydrogens is 378 g/mol. The summed E-state index contributed by atoms with van der Waals surface area (Å²) in [7, 11) is -3.27. The smallest absolute Gasteiger partial charge is 0.225 e. The molecule has 152 valence electrons. The van der Waals surface area contributed by atoms with Gasteiger partial charge in [0.2, 0.25) is 5.91 Å². The van der Waals surface area contributed by atoms with Crippen molar-refractivity contribution >= 4 is 21.6 Å². The quantitative estimate of drug-likeness (QED) is 0.737. The first-order chi connectivity index (χ1) is 13.4. The first kappa shape index (κ1) is 20.5. The van der Waals surface area contributed by atoms with Crippen molar-refractivity contribution in [1.29, 1.82) is 0 Å². The summed E-state index contributed by atoms with van der Waals surface area (Å²) in [5, 5.41) is 16.4. The van der Waals surface area contributed by atoms with Crippen molar-refractivity contribution in [2.45, 2.75) is 55.9 Å². The molecule has 1 heterocycles. The highest BCUT2D eigenvalue weighted by atomic mass is 32.2. The Labute approximate surface area is 165 Å². The van der Waals surface area contributed by atoms with E-state index in [1.807, 2.05) is 10.9 Å². The summed E-state index contributed by atoms with van der Waals surface area (Å²) >= 11 is 0. The van der Waals surface area contributed by atoms with Crippen molar-refractivity contribution in [3.63, 3.8) is 0 Å². The van der Waals surface area contributed by atoms with E-state index < -0.39 is 9.84 Å². The Bertz CT molecular complexity index is 913. The van der Waals surface area contributed by atoms with Crippen molar-refractivity contribution in [1.82, 2.24) is 9.78 Å². The van der Waals surface area contributed by atoms with Gasteiger partial charge in [-0.3, -0.25) is 9.48 Å². The second-order valence-corrected chi connectivity index (χ2v) is 9.35. The Morgan fingerprint density at radius 3 is 2.50 bits per heavy atom. The molecule has 1 aliphatic carbocycles. The number of hydrogen-bond acceptors (Lipinski definition) is 5. The van der Waals surface area contributed by atoms with Crippen LogP contribution in [0, 0.1) is 0 Å². The summed E-state index contributed by atoms with van der Waals surface area (Å²) in [6, 6.07) is 6.93. The molecule has 1 amide bonds. The van der Waals surface area contributed by atoms with E-state index in [1.54, 1.807) is 24.3 Å². The van der Waals surface area contributed by atoms with Gasteiger partial charge in [0.05, 0.1) is 10.9 Å². The lowest BCUT2D eigenvalue weighted by molar-refractivity contribution is -0.116. The fourth-order valence-corrected chi connectivity index (χ4v) is 4.17. The molecule has 3 rings (SSSR count). The average molecular weight is 406 g/mol. The molecule has 0 aliphatic heterocycles. The van der Waals surface area contributed by atoms with Crippen LogP contribution in [-0.4, -0.2) is 42.1 Å². The highest BCUT2D eigenvalue weighted by Gasteiger charge is 2.21. The number of nitrogens with zero attached hydrogens (tertiary/aromatic N) is 2. The molecule has 0 atom stereocenters. The predicted octanol–water partition coefficient (Wildman–Crippen LogP) is 3.17.